The Bertz CT molecular complexity index is 386. The molecule has 1 fully saturated rings. The summed E-state index contributed by atoms with van der Waals surface area (Å²) in [4.78, 5) is 0. The van der Waals surface area contributed by atoms with Crippen molar-refractivity contribution < 1.29 is 9.50 Å². The van der Waals surface area contributed by atoms with Gasteiger partial charge in [-0.1, -0.05) is 31.9 Å². The smallest absolute Gasteiger partial charge is 0.123 e. The van der Waals surface area contributed by atoms with Gasteiger partial charge >= 0.3 is 0 Å². The molecule has 3 atom stereocenters. The number of aliphatic hydroxyl groups is 1. The predicted octanol–water partition coefficient (Wildman–Crippen LogP) is 3.59. The van der Waals surface area contributed by atoms with Crippen LogP contribution in [0.4, 0.5) is 4.39 Å². The minimum absolute atomic E-state index is 0. The third kappa shape index (κ3) is 4.44. The molecule has 0 amide bonds. The predicted molar refractivity (Wildman–Crippen MR) is 78.1 cm³/mol. The summed E-state index contributed by atoms with van der Waals surface area (Å²) < 4.78 is 13.2. The maximum Gasteiger partial charge on any atom is 0.123 e. The molecule has 0 spiro atoms. The van der Waals surface area contributed by atoms with Crippen LogP contribution in [0, 0.1) is 5.82 Å². The van der Waals surface area contributed by atoms with Crippen molar-refractivity contribution in [2.24, 2.45) is 0 Å². The van der Waals surface area contributed by atoms with E-state index in [0.717, 1.165) is 25.7 Å². The monoisotopic (exact) mass is 287 g/mol. The summed E-state index contributed by atoms with van der Waals surface area (Å²) in [5, 5.41) is 13.8. The molecule has 1 aromatic rings. The lowest BCUT2D eigenvalue weighted by molar-refractivity contribution is 0.0995. The largest absolute Gasteiger partial charge is 0.387 e. The first-order valence-corrected chi connectivity index (χ1v) is 6.90. The molecule has 0 saturated carbocycles. The van der Waals surface area contributed by atoms with Crippen molar-refractivity contribution in [2.75, 3.05) is 0 Å². The summed E-state index contributed by atoms with van der Waals surface area (Å²) >= 11 is 0. The van der Waals surface area contributed by atoms with Crippen molar-refractivity contribution in [3.8, 4) is 0 Å². The van der Waals surface area contributed by atoms with Crippen LogP contribution in [0.1, 0.15) is 50.7 Å². The van der Waals surface area contributed by atoms with Crippen LogP contribution in [0.5, 0.6) is 0 Å². The zero-order valence-electron chi connectivity index (χ0n) is 11.3. The Balaban J connectivity index is 0.00000180. The fourth-order valence-electron chi connectivity index (χ4n) is 2.80. The standard InChI is InChI=1S/C15H22FNO.ClH/c1-2-5-13-8-4-9-14(17-13)15(18)11-6-3-7-12(16)10-11;/h3,6-7,10,13-15,17-18H,2,4-5,8-9H2,1H3;1H/t13-,14-,15?;/m0./s1. The summed E-state index contributed by atoms with van der Waals surface area (Å²) in [5.74, 6) is -0.285. The maximum atomic E-state index is 13.2. The van der Waals surface area contributed by atoms with E-state index in [-0.39, 0.29) is 24.3 Å². The minimum atomic E-state index is -0.611. The number of rotatable bonds is 4. The second-order valence-corrected chi connectivity index (χ2v) is 5.19. The number of hydrogen-bond acceptors (Lipinski definition) is 2. The lowest BCUT2D eigenvalue weighted by Gasteiger charge is -2.34. The highest BCUT2D eigenvalue weighted by molar-refractivity contribution is 5.85. The Morgan fingerprint density at radius 3 is 2.89 bits per heavy atom. The average molecular weight is 288 g/mol. The first-order valence-electron chi connectivity index (χ1n) is 6.90. The number of piperidine rings is 1. The third-order valence-electron chi connectivity index (χ3n) is 3.73. The van der Waals surface area contributed by atoms with Crippen LogP contribution in [0.3, 0.4) is 0 Å². The van der Waals surface area contributed by atoms with Crippen LogP contribution < -0.4 is 5.32 Å². The van der Waals surface area contributed by atoms with E-state index in [1.165, 1.54) is 18.6 Å². The van der Waals surface area contributed by atoms with Gasteiger partial charge in [0, 0.05) is 12.1 Å². The zero-order valence-corrected chi connectivity index (χ0v) is 12.1. The number of halogens is 2. The molecule has 0 radical (unpaired) electrons. The lowest BCUT2D eigenvalue weighted by Crippen LogP contribution is -2.45. The van der Waals surface area contributed by atoms with Gasteiger partial charge in [-0.25, -0.2) is 4.39 Å². The Hall–Kier alpha value is -0.640. The van der Waals surface area contributed by atoms with Crippen LogP contribution in [0.25, 0.3) is 0 Å². The first-order chi connectivity index (χ1) is 8.70. The topological polar surface area (TPSA) is 32.3 Å². The molecule has 2 rings (SSSR count). The fraction of sp³-hybridized carbons (Fsp3) is 0.600. The van der Waals surface area contributed by atoms with E-state index in [1.807, 2.05) is 0 Å². The molecule has 1 heterocycles. The molecule has 2 N–H and O–H groups in total. The van der Waals surface area contributed by atoms with E-state index < -0.39 is 6.10 Å². The molecule has 1 aromatic carbocycles. The van der Waals surface area contributed by atoms with Crippen molar-refractivity contribution in [3.63, 3.8) is 0 Å². The van der Waals surface area contributed by atoms with Crippen LogP contribution in [-0.2, 0) is 0 Å². The molecular weight excluding hydrogens is 265 g/mol. The summed E-state index contributed by atoms with van der Waals surface area (Å²) in [6, 6.07) is 6.83. The molecule has 1 unspecified atom stereocenters. The van der Waals surface area contributed by atoms with Gasteiger partial charge in [-0.2, -0.15) is 0 Å². The first kappa shape index (κ1) is 16.4. The summed E-state index contributed by atoms with van der Waals surface area (Å²) in [6.07, 6.45) is 4.96. The van der Waals surface area contributed by atoms with Crippen LogP contribution in [-0.4, -0.2) is 17.2 Å². The zero-order chi connectivity index (χ0) is 13.0. The van der Waals surface area contributed by atoms with Gasteiger partial charge in [0.25, 0.3) is 0 Å². The van der Waals surface area contributed by atoms with Gasteiger partial charge in [0.1, 0.15) is 5.82 Å². The Morgan fingerprint density at radius 1 is 1.42 bits per heavy atom. The summed E-state index contributed by atoms with van der Waals surface area (Å²) in [7, 11) is 0. The highest BCUT2D eigenvalue weighted by Gasteiger charge is 2.27. The summed E-state index contributed by atoms with van der Waals surface area (Å²) in [6.45, 7) is 2.17. The molecule has 19 heavy (non-hydrogen) atoms. The van der Waals surface area contributed by atoms with Crippen LogP contribution in [0.2, 0.25) is 0 Å². The lowest BCUT2D eigenvalue weighted by atomic mass is 9.90. The van der Waals surface area contributed by atoms with Crippen molar-refractivity contribution in [2.45, 2.75) is 57.2 Å². The molecule has 1 aliphatic heterocycles. The molecule has 1 saturated heterocycles. The molecular formula is C15H23ClFNO. The van der Waals surface area contributed by atoms with Gasteiger partial charge in [-0.15, -0.1) is 12.4 Å². The Labute approximate surface area is 120 Å². The molecule has 108 valence electrons. The quantitative estimate of drug-likeness (QED) is 0.887. The third-order valence-corrected chi connectivity index (χ3v) is 3.73. The van der Waals surface area contributed by atoms with Gasteiger partial charge < -0.3 is 10.4 Å². The normalized spacial score (nSPS) is 24.6. The van der Waals surface area contributed by atoms with E-state index in [1.54, 1.807) is 12.1 Å². The average Bonchev–Trinajstić information content (AvgIpc) is 2.39. The minimum Gasteiger partial charge on any atom is -0.387 e. The molecule has 0 bridgehead atoms. The van der Waals surface area contributed by atoms with Crippen LogP contribution >= 0.6 is 12.4 Å². The van der Waals surface area contributed by atoms with E-state index in [9.17, 15) is 9.50 Å². The van der Waals surface area contributed by atoms with Gasteiger partial charge in [-0.05, 0) is 37.0 Å². The summed E-state index contributed by atoms with van der Waals surface area (Å²) in [5.41, 5.74) is 0.671. The second-order valence-electron chi connectivity index (χ2n) is 5.19. The SMILES string of the molecule is CCC[C@H]1CCC[C@@H](C(O)c2cccc(F)c2)N1.Cl. The number of hydrogen-bond donors (Lipinski definition) is 2. The molecule has 4 heteroatoms. The van der Waals surface area contributed by atoms with Gasteiger partial charge in [0.15, 0.2) is 0 Å². The van der Waals surface area contributed by atoms with E-state index in [2.05, 4.69) is 12.2 Å². The van der Waals surface area contributed by atoms with Gasteiger partial charge in [0.05, 0.1) is 6.10 Å². The molecule has 2 nitrogen and oxygen atoms in total. The molecule has 0 aliphatic carbocycles. The highest BCUT2D eigenvalue weighted by Crippen LogP contribution is 2.26. The molecule has 0 aromatic heterocycles. The highest BCUT2D eigenvalue weighted by atomic mass is 35.5. The number of benzene rings is 1. The number of aliphatic hydroxyl groups excluding tert-OH is 1. The number of nitrogens with one attached hydrogen (secondary N) is 1. The Kier molecular flexibility index (Phi) is 6.76. The van der Waals surface area contributed by atoms with Gasteiger partial charge in [0.2, 0.25) is 0 Å². The van der Waals surface area contributed by atoms with Crippen molar-refractivity contribution >= 4 is 12.4 Å². The maximum absolute atomic E-state index is 13.2. The van der Waals surface area contributed by atoms with Gasteiger partial charge in [-0.3, -0.25) is 0 Å². The fourth-order valence-corrected chi connectivity index (χ4v) is 2.80. The second kappa shape index (κ2) is 7.83. The van der Waals surface area contributed by atoms with E-state index >= 15 is 0 Å². The molecule has 1 aliphatic rings. The van der Waals surface area contributed by atoms with E-state index in [0.29, 0.717) is 11.6 Å². The van der Waals surface area contributed by atoms with Crippen molar-refractivity contribution in [3.05, 3.63) is 35.6 Å². The van der Waals surface area contributed by atoms with E-state index in [4.69, 9.17) is 0 Å². The van der Waals surface area contributed by atoms with Crippen molar-refractivity contribution in [1.29, 1.82) is 0 Å². The Morgan fingerprint density at radius 2 is 2.21 bits per heavy atom. The van der Waals surface area contributed by atoms with Crippen molar-refractivity contribution in [1.82, 2.24) is 5.32 Å². The van der Waals surface area contributed by atoms with Crippen LogP contribution in [0.15, 0.2) is 24.3 Å².